The van der Waals surface area contributed by atoms with E-state index in [1.807, 2.05) is 0 Å². The van der Waals surface area contributed by atoms with Gasteiger partial charge in [-0.15, -0.1) is 0 Å². The van der Waals surface area contributed by atoms with Crippen LogP contribution in [-0.2, 0) is 4.74 Å². The van der Waals surface area contributed by atoms with Gasteiger partial charge in [-0.1, -0.05) is 26.2 Å². The molecule has 1 saturated heterocycles. The number of hydrogen-bond acceptors (Lipinski definition) is 3. The number of rotatable bonds is 6. The molecule has 0 aromatic carbocycles. The van der Waals surface area contributed by atoms with Crippen molar-refractivity contribution < 1.29 is 4.74 Å². The molecule has 3 nitrogen and oxygen atoms in total. The highest BCUT2D eigenvalue weighted by atomic mass is 16.5. The molecule has 20 heavy (non-hydrogen) atoms. The molecular formula is C17H34N2O. The van der Waals surface area contributed by atoms with Crippen molar-refractivity contribution in [2.24, 2.45) is 5.92 Å². The van der Waals surface area contributed by atoms with Crippen LogP contribution in [0.2, 0.25) is 0 Å². The van der Waals surface area contributed by atoms with Crippen LogP contribution in [0.5, 0.6) is 0 Å². The van der Waals surface area contributed by atoms with Crippen molar-refractivity contribution in [1.82, 2.24) is 10.2 Å². The lowest BCUT2D eigenvalue weighted by Crippen LogP contribution is -2.64. The fraction of sp³-hybridized carbons (Fsp3) is 1.00. The van der Waals surface area contributed by atoms with E-state index >= 15 is 0 Å². The molecule has 0 bridgehead atoms. The Hall–Kier alpha value is -0.120. The first-order chi connectivity index (χ1) is 9.68. The van der Waals surface area contributed by atoms with Gasteiger partial charge in [0.1, 0.15) is 0 Å². The lowest BCUT2D eigenvalue weighted by atomic mass is 9.80. The minimum absolute atomic E-state index is 0.289. The minimum Gasteiger partial charge on any atom is -0.380 e. The molecule has 2 unspecified atom stereocenters. The number of ether oxygens (including phenoxy) is 1. The van der Waals surface area contributed by atoms with Crippen LogP contribution in [0.15, 0.2) is 0 Å². The molecule has 1 aliphatic carbocycles. The summed E-state index contributed by atoms with van der Waals surface area (Å²) in [5.74, 6) is 0.902. The number of nitrogens with zero attached hydrogens (tertiary/aromatic N) is 1. The average molecular weight is 282 g/mol. The number of hydrogen-bond donors (Lipinski definition) is 1. The van der Waals surface area contributed by atoms with E-state index in [9.17, 15) is 0 Å². The van der Waals surface area contributed by atoms with Crippen LogP contribution >= 0.6 is 0 Å². The zero-order valence-corrected chi connectivity index (χ0v) is 13.8. The first-order valence-electron chi connectivity index (χ1n) is 8.75. The Labute approximate surface area is 125 Å². The Morgan fingerprint density at radius 1 is 1.20 bits per heavy atom. The number of nitrogens with one attached hydrogen (secondary N) is 1. The van der Waals surface area contributed by atoms with Crippen molar-refractivity contribution >= 4 is 0 Å². The van der Waals surface area contributed by atoms with Crippen molar-refractivity contribution in [1.29, 1.82) is 0 Å². The maximum absolute atomic E-state index is 5.61. The summed E-state index contributed by atoms with van der Waals surface area (Å²) in [6.45, 7) is 11.9. The number of piperazine rings is 1. The van der Waals surface area contributed by atoms with Crippen LogP contribution in [0, 0.1) is 5.92 Å². The van der Waals surface area contributed by atoms with Gasteiger partial charge in [0.2, 0.25) is 0 Å². The normalized spacial score (nSPS) is 33.5. The Morgan fingerprint density at radius 3 is 2.60 bits per heavy atom. The van der Waals surface area contributed by atoms with E-state index in [1.54, 1.807) is 0 Å². The van der Waals surface area contributed by atoms with E-state index < -0.39 is 0 Å². The molecule has 2 rings (SSSR count). The quantitative estimate of drug-likeness (QED) is 0.758. The molecule has 2 aliphatic rings. The monoisotopic (exact) mass is 282 g/mol. The predicted octanol–water partition coefficient (Wildman–Crippen LogP) is 3.05. The molecule has 3 heteroatoms. The second-order valence-corrected chi connectivity index (χ2v) is 6.93. The summed E-state index contributed by atoms with van der Waals surface area (Å²) in [4.78, 5) is 2.73. The smallest absolute Gasteiger partial charge is 0.0593 e. The zero-order chi connectivity index (χ0) is 14.4. The molecule has 2 atom stereocenters. The molecule has 0 amide bonds. The van der Waals surface area contributed by atoms with Crippen molar-refractivity contribution in [2.75, 3.05) is 32.8 Å². The summed E-state index contributed by atoms with van der Waals surface area (Å²) in [6, 6.07) is 0.732. The second-order valence-electron chi connectivity index (χ2n) is 6.93. The zero-order valence-electron chi connectivity index (χ0n) is 13.8. The van der Waals surface area contributed by atoms with Crippen LogP contribution in [0.25, 0.3) is 0 Å². The summed E-state index contributed by atoms with van der Waals surface area (Å²) in [5.41, 5.74) is 0.289. The Kier molecular flexibility index (Phi) is 6.31. The topological polar surface area (TPSA) is 24.5 Å². The van der Waals surface area contributed by atoms with Gasteiger partial charge in [0.15, 0.2) is 0 Å². The van der Waals surface area contributed by atoms with Crippen LogP contribution < -0.4 is 5.32 Å². The van der Waals surface area contributed by atoms with Crippen molar-refractivity contribution in [3.05, 3.63) is 0 Å². The van der Waals surface area contributed by atoms with Crippen molar-refractivity contribution in [2.45, 2.75) is 70.9 Å². The minimum atomic E-state index is 0.289. The highest BCUT2D eigenvalue weighted by Crippen LogP contribution is 2.32. The molecule has 1 N–H and O–H groups in total. The summed E-state index contributed by atoms with van der Waals surface area (Å²) in [6.07, 6.45) is 8.38. The summed E-state index contributed by atoms with van der Waals surface area (Å²) in [7, 11) is 0. The molecular weight excluding hydrogens is 248 g/mol. The van der Waals surface area contributed by atoms with Crippen LogP contribution in [-0.4, -0.2) is 49.3 Å². The molecule has 1 heterocycles. The maximum atomic E-state index is 5.61. The van der Waals surface area contributed by atoms with Crippen molar-refractivity contribution in [3.8, 4) is 0 Å². The molecule has 0 aromatic rings. The second kappa shape index (κ2) is 7.77. The largest absolute Gasteiger partial charge is 0.380 e. The molecule has 0 spiro atoms. The van der Waals surface area contributed by atoms with Crippen LogP contribution in [0.3, 0.4) is 0 Å². The van der Waals surface area contributed by atoms with Gasteiger partial charge < -0.3 is 10.1 Å². The fourth-order valence-corrected chi connectivity index (χ4v) is 3.89. The molecule has 0 radical (unpaired) electrons. The van der Waals surface area contributed by atoms with E-state index in [0.29, 0.717) is 0 Å². The third kappa shape index (κ3) is 4.19. The first kappa shape index (κ1) is 16.3. The van der Waals surface area contributed by atoms with Gasteiger partial charge in [0.05, 0.1) is 6.61 Å². The van der Waals surface area contributed by atoms with Crippen molar-refractivity contribution in [3.63, 3.8) is 0 Å². The van der Waals surface area contributed by atoms with E-state index in [-0.39, 0.29) is 5.54 Å². The van der Waals surface area contributed by atoms with E-state index in [4.69, 9.17) is 4.74 Å². The Morgan fingerprint density at radius 2 is 1.95 bits per heavy atom. The highest BCUT2D eigenvalue weighted by molar-refractivity contribution is 4.97. The summed E-state index contributed by atoms with van der Waals surface area (Å²) >= 11 is 0. The third-order valence-electron chi connectivity index (χ3n) is 5.46. The fourth-order valence-electron chi connectivity index (χ4n) is 3.89. The molecule has 118 valence electrons. The van der Waals surface area contributed by atoms with E-state index in [1.165, 1.54) is 51.6 Å². The molecule has 2 fully saturated rings. The lowest BCUT2D eigenvalue weighted by Gasteiger charge is -2.49. The third-order valence-corrected chi connectivity index (χ3v) is 5.46. The predicted molar refractivity (Wildman–Crippen MR) is 85.1 cm³/mol. The van der Waals surface area contributed by atoms with Gasteiger partial charge >= 0.3 is 0 Å². The van der Waals surface area contributed by atoms with Gasteiger partial charge in [0.25, 0.3) is 0 Å². The molecule has 1 aliphatic heterocycles. The lowest BCUT2D eigenvalue weighted by molar-refractivity contribution is 0.0168. The van der Waals surface area contributed by atoms with Gasteiger partial charge in [0, 0.05) is 37.8 Å². The summed E-state index contributed by atoms with van der Waals surface area (Å²) in [5, 5.41) is 3.83. The van der Waals surface area contributed by atoms with Gasteiger partial charge in [-0.05, 0) is 39.0 Å². The molecule has 0 aromatic heterocycles. The standard InChI is InChI=1S/C17H34N2O/c1-4-17(3)14-19(11-12-20-5-2)16(13-18-17)15-9-7-6-8-10-15/h15-16,18H,4-14H2,1-3H3. The summed E-state index contributed by atoms with van der Waals surface area (Å²) < 4.78 is 5.61. The maximum Gasteiger partial charge on any atom is 0.0593 e. The SMILES string of the molecule is CCOCCN1CC(C)(CC)NCC1C1CCCCC1. The van der Waals surface area contributed by atoms with E-state index in [0.717, 1.165) is 31.7 Å². The van der Waals surface area contributed by atoms with Crippen LogP contribution in [0.4, 0.5) is 0 Å². The van der Waals surface area contributed by atoms with Gasteiger partial charge in [-0.25, -0.2) is 0 Å². The first-order valence-corrected chi connectivity index (χ1v) is 8.75. The van der Waals surface area contributed by atoms with Gasteiger partial charge in [-0.2, -0.15) is 0 Å². The van der Waals surface area contributed by atoms with Crippen LogP contribution in [0.1, 0.15) is 59.3 Å². The average Bonchev–Trinajstić information content (AvgIpc) is 2.49. The Bertz CT molecular complexity index is 278. The Balaban J connectivity index is 1.96. The van der Waals surface area contributed by atoms with E-state index in [2.05, 4.69) is 31.0 Å². The van der Waals surface area contributed by atoms with Gasteiger partial charge in [-0.3, -0.25) is 4.90 Å². The molecule has 1 saturated carbocycles. The highest BCUT2D eigenvalue weighted by Gasteiger charge is 2.37.